The minimum absolute atomic E-state index is 0.498. The standard InChI is InChI=1S/C11H12N4OS/c1-3-7-4-10(17)15-11(14-7)8-5-9(16-2)13-6-12-8/h4-6H,3H2,1-2H3,(H,14,15,17). The van der Waals surface area contributed by atoms with Crippen LogP contribution < -0.4 is 4.74 Å². The highest BCUT2D eigenvalue weighted by atomic mass is 32.1. The summed E-state index contributed by atoms with van der Waals surface area (Å²) in [5, 5.41) is 0. The molecular weight excluding hydrogens is 236 g/mol. The number of hydrogen-bond donors (Lipinski definition) is 1. The first-order valence-electron chi connectivity index (χ1n) is 5.19. The molecule has 0 bridgehead atoms. The number of methoxy groups -OCH3 is 1. The monoisotopic (exact) mass is 248 g/mol. The summed E-state index contributed by atoms with van der Waals surface area (Å²) in [6.07, 6.45) is 2.30. The summed E-state index contributed by atoms with van der Waals surface area (Å²) in [7, 11) is 1.56. The fraction of sp³-hybridized carbons (Fsp3) is 0.273. The van der Waals surface area contributed by atoms with E-state index in [1.807, 2.05) is 13.0 Å². The molecule has 6 heteroatoms. The van der Waals surface area contributed by atoms with Crippen LogP contribution in [0.4, 0.5) is 0 Å². The molecule has 0 spiro atoms. The zero-order valence-corrected chi connectivity index (χ0v) is 10.4. The highest BCUT2D eigenvalue weighted by Gasteiger charge is 2.05. The van der Waals surface area contributed by atoms with E-state index in [9.17, 15) is 0 Å². The van der Waals surface area contributed by atoms with Crippen LogP contribution in [0, 0.1) is 4.64 Å². The predicted octanol–water partition coefficient (Wildman–Crippen LogP) is 2.17. The maximum Gasteiger partial charge on any atom is 0.216 e. The van der Waals surface area contributed by atoms with Gasteiger partial charge in [-0.3, -0.25) is 0 Å². The highest BCUT2D eigenvalue weighted by molar-refractivity contribution is 7.71. The summed E-state index contributed by atoms with van der Waals surface area (Å²) in [6.45, 7) is 2.05. The van der Waals surface area contributed by atoms with Crippen molar-refractivity contribution in [3.8, 4) is 17.4 Å². The number of aryl methyl sites for hydroxylation is 1. The van der Waals surface area contributed by atoms with Crippen LogP contribution in [0.25, 0.3) is 11.5 Å². The average molecular weight is 248 g/mol. The number of aromatic nitrogens is 4. The molecule has 1 N–H and O–H groups in total. The van der Waals surface area contributed by atoms with Gasteiger partial charge in [-0.15, -0.1) is 0 Å². The molecule has 0 saturated heterocycles. The van der Waals surface area contributed by atoms with Crippen molar-refractivity contribution in [2.45, 2.75) is 13.3 Å². The third kappa shape index (κ3) is 2.65. The molecule has 0 aliphatic rings. The van der Waals surface area contributed by atoms with Crippen molar-refractivity contribution >= 4 is 12.2 Å². The number of hydrogen-bond acceptors (Lipinski definition) is 5. The summed E-state index contributed by atoms with van der Waals surface area (Å²) in [4.78, 5) is 15.5. The first-order chi connectivity index (χ1) is 8.22. The van der Waals surface area contributed by atoms with Crippen LogP contribution in [0.3, 0.4) is 0 Å². The van der Waals surface area contributed by atoms with Crippen molar-refractivity contribution in [1.82, 2.24) is 19.9 Å². The Balaban J connectivity index is 2.51. The maximum atomic E-state index is 5.11. The van der Waals surface area contributed by atoms with E-state index in [0.29, 0.717) is 22.0 Å². The van der Waals surface area contributed by atoms with Gasteiger partial charge in [0.05, 0.1) is 7.11 Å². The van der Waals surface area contributed by atoms with Gasteiger partial charge in [0.2, 0.25) is 5.88 Å². The third-order valence-corrected chi connectivity index (χ3v) is 2.48. The minimum Gasteiger partial charge on any atom is -0.481 e. The van der Waals surface area contributed by atoms with Crippen LogP contribution in [-0.2, 0) is 6.42 Å². The Kier molecular flexibility index (Phi) is 3.43. The Morgan fingerprint density at radius 2 is 2.18 bits per heavy atom. The number of ether oxygens (including phenoxy) is 1. The molecule has 0 unspecified atom stereocenters. The SMILES string of the molecule is CCc1cc(=S)nc(-c2cc(OC)ncn2)[nH]1. The molecule has 0 atom stereocenters. The Bertz CT molecular complexity index is 582. The quantitative estimate of drug-likeness (QED) is 0.843. The van der Waals surface area contributed by atoms with Crippen LogP contribution in [0.2, 0.25) is 0 Å². The molecule has 0 amide bonds. The van der Waals surface area contributed by atoms with Crippen LogP contribution in [0.15, 0.2) is 18.5 Å². The molecule has 0 fully saturated rings. The Morgan fingerprint density at radius 1 is 1.35 bits per heavy atom. The average Bonchev–Trinajstić information content (AvgIpc) is 2.38. The van der Waals surface area contributed by atoms with Gasteiger partial charge >= 0.3 is 0 Å². The number of aromatic amines is 1. The Labute approximate surface area is 104 Å². The van der Waals surface area contributed by atoms with Gasteiger partial charge in [-0.2, -0.15) is 0 Å². The van der Waals surface area contributed by atoms with Gasteiger partial charge in [-0.1, -0.05) is 19.1 Å². The molecule has 2 aromatic heterocycles. The Hall–Kier alpha value is -1.82. The topological polar surface area (TPSA) is 63.7 Å². The van der Waals surface area contributed by atoms with E-state index in [-0.39, 0.29) is 0 Å². The zero-order chi connectivity index (χ0) is 12.3. The van der Waals surface area contributed by atoms with E-state index in [1.165, 1.54) is 6.33 Å². The lowest BCUT2D eigenvalue weighted by Crippen LogP contribution is -1.98. The lowest BCUT2D eigenvalue weighted by molar-refractivity contribution is 0.397. The molecule has 2 aromatic rings. The fourth-order valence-corrected chi connectivity index (χ4v) is 1.63. The van der Waals surface area contributed by atoms with Gasteiger partial charge in [-0.25, -0.2) is 15.0 Å². The van der Waals surface area contributed by atoms with Gasteiger partial charge < -0.3 is 9.72 Å². The van der Waals surface area contributed by atoms with Gasteiger partial charge in [-0.05, 0) is 12.5 Å². The van der Waals surface area contributed by atoms with E-state index in [0.717, 1.165) is 12.1 Å². The lowest BCUT2D eigenvalue weighted by Gasteiger charge is -2.04. The second-order valence-corrected chi connectivity index (χ2v) is 3.81. The molecular formula is C11H12N4OS. The molecule has 2 rings (SSSR count). The van der Waals surface area contributed by atoms with Crippen molar-refractivity contribution in [1.29, 1.82) is 0 Å². The molecule has 88 valence electrons. The summed E-state index contributed by atoms with van der Waals surface area (Å²) >= 11 is 5.11. The van der Waals surface area contributed by atoms with Crippen molar-refractivity contribution in [2.75, 3.05) is 7.11 Å². The van der Waals surface area contributed by atoms with Gasteiger partial charge in [0, 0.05) is 11.8 Å². The smallest absolute Gasteiger partial charge is 0.216 e. The molecule has 0 radical (unpaired) electrons. The van der Waals surface area contributed by atoms with E-state index in [2.05, 4.69) is 19.9 Å². The first kappa shape index (κ1) is 11.7. The van der Waals surface area contributed by atoms with Crippen molar-refractivity contribution in [3.63, 3.8) is 0 Å². The summed E-state index contributed by atoms with van der Waals surface area (Å²) in [5.41, 5.74) is 1.69. The molecule has 2 heterocycles. The second-order valence-electron chi connectivity index (χ2n) is 3.39. The number of rotatable bonds is 3. The highest BCUT2D eigenvalue weighted by Crippen LogP contribution is 2.16. The normalized spacial score (nSPS) is 10.2. The number of H-pyrrole nitrogens is 1. The molecule has 0 aliphatic carbocycles. The van der Waals surface area contributed by atoms with Crippen LogP contribution in [0.1, 0.15) is 12.6 Å². The second kappa shape index (κ2) is 5.01. The summed E-state index contributed by atoms with van der Waals surface area (Å²) in [5.74, 6) is 1.13. The lowest BCUT2D eigenvalue weighted by atomic mass is 10.3. The maximum absolute atomic E-state index is 5.11. The predicted molar refractivity (Wildman–Crippen MR) is 66.4 cm³/mol. The van der Waals surface area contributed by atoms with Crippen molar-refractivity contribution < 1.29 is 4.74 Å². The summed E-state index contributed by atoms with van der Waals surface area (Å²) in [6, 6.07) is 3.56. The van der Waals surface area contributed by atoms with Gasteiger partial charge in [0.15, 0.2) is 5.82 Å². The number of nitrogens with one attached hydrogen (secondary N) is 1. The van der Waals surface area contributed by atoms with Crippen LogP contribution in [-0.4, -0.2) is 27.0 Å². The molecule has 5 nitrogen and oxygen atoms in total. The van der Waals surface area contributed by atoms with Crippen molar-refractivity contribution in [2.24, 2.45) is 0 Å². The Morgan fingerprint density at radius 3 is 2.88 bits per heavy atom. The summed E-state index contributed by atoms with van der Waals surface area (Å²) < 4.78 is 5.59. The minimum atomic E-state index is 0.498. The van der Waals surface area contributed by atoms with E-state index >= 15 is 0 Å². The largest absolute Gasteiger partial charge is 0.481 e. The first-order valence-corrected chi connectivity index (χ1v) is 5.60. The third-order valence-electron chi connectivity index (χ3n) is 2.27. The van der Waals surface area contributed by atoms with E-state index in [1.54, 1.807) is 13.2 Å². The van der Waals surface area contributed by atoms with E-state index in [4.69, 9.17) is 17.0 Å². The molecule has 0 aliphatic heterocycles. The van der Waals surface area contributed by atoms with Gasteiger partial charge in [0.1, 0.15) is 16.7 Å². The fourth-order valence-electron chi connectivity index (χ4n) is 1.40. The van der Waals surface area contributed by atoms with E-state index < -0.39 is 0 Å². The van der Waals surface area contributed by atoms with Crippen LogP contribution in [0.5, 0.6) is 5.88 Å². The molecule has 17 heavy (non-hydrogen) atoms. The molecule has 0 aromatic carbocycles. The number of nitrogens with zero attached hydrogens (tertiary/aromatic N) is 3. The molecule has 0 saturated carbocycles. The van der Waals surface area contributed by atoms with Crippen LogP contribution >= 0.6 is 12.2 Å². The van der Waals surface area contributed by atoms with Crippen molar-refractivity contribution in [3.05, 3.63) is 28.8 Å². The van der Waals surface area contributed by atoms with Gasteiger partial charge in [0.25, 0.3) is 0 Å². The zero-order valence-electron chi connectivity index (χ0n) is 9.60.